The fourth-order valence-corrected chi connectivity index (χ4v) is 9.94. The second-order valence-electron chi connectivity index (χ2n) is 19.6. The summed E-state index contributed by atoms with van der Waals surface area (Å²) in [6, 6.07) is -1.13. The maximum absolute atomic E-state index is 14.3. The number of carbonyl (C=O) groups is 5. The summed E-state index contributed by atoms with van der Waals surface area (Å²) in [5.41, 5.74) is 1.13. The molecule has 63 heavy (non-hydrogen) atoms. The molecular formula is C50H77NO12. The Balaban J connectivity index is 1.68. The van der Waals surface area contributed by atoms with Crippen LogP contribution in [-0.2, 0) is 38.2 Å². The van der Waals surface area contributed by atoms with E-state index in [4.69, 9.17) is 14.2 Å². The van der Waals surface area contributed by atoms with Gasteiger partial charge in [-0.1, -0.05) is 78.0 Å². The number of Topliss-reactive ketones (excluding diaryl/α,β-unsaturated/α-hetero) is 3. The molecule has 1 saturated carbocycles. The first-order chi connectivity index (χ1) is 29.7. The van der Waals surface area contributed by atoms with Crippen LogP contribution in [0.4, 0.5) is 0 Å². The zero-order valence-electron chi connectivity index (χ0n) is 39.2. The van der Waals surface area contributed by atoms with Crippen LogP contribution in [0, 0.1) is 41.4 Å². The Bertz CT molecular complexity index is 1720. The number of rotatable bonds is 4. The van der Waals surface area contributed by atoms with Crippen LogP contribution in [0.1, 0.15) is 132 Å². The van der Waals surface area contributed by atoms with Gasteiger partial charge >= 0.3 is 5.97 Å². The first-order valence-electron chi connectivity index (χ1n) is 23.5. The fraction of sp³-hybridized carbons (Fsp3) is 0.740. The summed E-state index contributed by atoms with van der Waals surface area (Å²) in [6.07, 6.45) is 11.1. The quantitative estimate of drug-likeness (QED) is 0.143. The van der Waals surface area contributed by atoms with Crippen molar-refractivity contribution in [3.05, 3.63) is 47.6 Å². The minimum absolute atomic E-state index is 0.0301. The highest BCUT2D eigenvalue weighted by Crippen LogP contribution is 2.38. The number of carbonyl (C=O) groups excluding carboxylic acids is 5. The zero-order chi connectivity index (χ0) is 46.8. The van der Waals surface area contributed by atoms with Gasteiger partial charge in [0.2, 0.25) is 5.79 Å². The molecule has 4 rings (SSSR count). The molecule has 0 aromatic rings. The maximum atomic E-state index is 14.3. The number of ketones is 3. The van der Waals surface area contributed by atoms with Gasteiger partial charge in [-0.2, -0.15) is 0 Å². The average Bonchev–Trinajstić information content (AvgIpc) is 3.25. The molecule has 4 aliphatic rings. The topological polar surface area (TPSA) is 197 Å². The van der Waals surface area contributed by atoms with E-state index in [-0.39, 0.29) is 60.5 Å². The van der Waals surface area contributed by atoms with Crippen LogP contribution in [0.5, 0.6) is 0 Å². The minimum Gasteiger partial charge on any atom is -0.460 e. The van der Waals surface area contributed by atoms with E-state index in [1.807, 2.05) is 58.1 Å². The van der Waals surface area contributed by atoms with Gasteiger partial charge in [-0.25, -0.2) is 4.79 Å². The van der Waals surface area contributed by atoms with Crippen LogP contribution < -0.4 is 0 Å². The molecule has 0 aromatic carbocycles. The molecule has 3 aliphatic heterocycles. The summed E-state index contributed by atoms with van der Waals surface area (Å²) in [5.74, 6) is -8.19. The molecule has 13 nitrogen and oxygen atoms in total. The highest BCUT2D eigenvalue weighted by atomic mass is 16.6. The van der Waals surface area contributed by atoms with Crippen molar-refractivity contribution in [2.24, 2.45) is 41.4 Å². The number of nitrogens with zero attached hydrogens (tertiary/aromatic N) is 1. The first-order valence-corrected chi connectivity index (χ1v) is 23.5. The number of amides is 1. The van der Waals surface area contributed by atoms with Crippen LogP contribution in [0.25, 0.3) is 0 Å². The molecule has 0 aromatic heterocycles. The molecule has 2 saturated heterocycles. The average molecular weight is 884 g/mol. The number of methoxy groups -OCH3 is 1. The Morgan fingerprint density at radius 3 is 2.25 bits per heavy atom. The molecule has 15 atom stereocenters. The molecule has 13 heteroatoms. The summed E-state index contributed by atoms with van der Waals surface area (Å²) in [5, 5.41) is 44.4. The molecule has 15 unspecified atom stereocenters. The van der Waals surface area contributed by atoms with Gasteiger partial charge in [-0.15, -0.1) is 0 Å². The number of allylic oxidation sites excluding steroid dienone is 6. The van der Waals surface area contributed by atoms with Gasteiger partial charge in [-0.05, 0) is 113 Å². The number of cyclic esters (lactones) is 1. The Morgan fingerprint density at radius 2 is 1.57 bits per heavy atom. The molecule has 1 amide bonds. The Kier molecular flexibility index (Phi) is 19.7. The Hall–Kier alpha value is -3.33. The molecule has 0 spiro atoms. The van der Waals surface area contributed by atoms with Crippen molar-refractivity contribution in [3.8, 4) is 0 Å². The normalized spacial score (nSPS) is 41.3. The smallest absolute Gasteiger partial charge is 0.329 e. The van der Waals surface area contributed by atoms with Crippen molar-refractivity contribution >= 4 is 29.2 Å². The van der Waals surface area contributed by atoms with Gasteiger partial charge < -0.3 is 39.5 Å². The number of hydrogen-bond acceptors (Lipinski definition) is 12. The summed E-state index contributed by atoms with van der Waals surface area (Å²) in [6.45, 7) is 14.5. The van der Waals surface area contributed by atoms with Gasteiger partial charge in [0.05, 0.1) is 18.3 Å². The molecule has 1 aliphatic carbocycles. The van der Waals surface area contributed by atoms with Crippen LogP contribution >= 0.6 is 0 Å². The van der Waals surface area contributed by atoms with Crippen LogP contribution in [-0.4, -0.2) is 117 Å². The van der Waals surface area contributed by atoms with E-state index in [9.17, 15) is 44.4 Å². The highest BCUT2D eigenvalue weighted by molar-refractivity contribution is 6.39. The van der Waals surface area contributed by atoms with E-state index in [0.29, 0.717) is 51.4 Å². The van der Waals surface area contributed by atoms with Gasteiger partial charge in [0, 0.05) is 44.2 Å². The largest absolute Gasteiger partial charge is 0.460 e. The Morgan fingerprint density at radius 1 is 0.857 bits per heavy atom. The number of hydrogen-bond donors (Lipinski definition) is 4. The van der Waals surface area contributed by atoms with Crippen molar-refractivity contribution in [1.82, 2.24) is 4.90 Å². The predicted octanol–water partition coefficient (Wildman–Crippen LogP) is 6.15. The number of esters is 1. The van der Waals surface area contributed by atoms with Gasteiger partial charge in [0.1, 0.15) is 30.1 Å². The van der Waals surface area contributed by atoms with Crippen LogP contribution in [0.2, 0.25) is 0 Å². The van der Waals surface area contributed by atoms with Crippen molar-refractivity contribution < 1.29 is 58.6 Å². The molecule has 4 N–H and O–H groups in total. The summed E-state index contributed by atoms with van der Waals surface area (Å²) < 4.78 is 18.2. The second kappa shape index (κ2) is 23.7. The number of fused-ring (bicyclic) bond motifs is 3. The summed E-state index contributed by atoms with van der Waals surface area (Å²) >= 11 is 0. The third-order valence-corrected chi connectivity index (χ3v) is 14.3. The van der Waals surface area contributed by atoms with Gasteiger partial charge in [-0.3, -0.25) is 19.2 Å². The maximum Gasteiger partial charge on any atom is 0.329 e. The molecule has 3 fully saturated rings. The van der Waals surface area contributed by atoms with Crippen LogP contribution in [0.15, 0.2) is 47.6 Å². The third kappa shape index (κ3) is 13.8. The lowest BCUT2D eigenvalue weighted by Gasteiger charge is -2.42. The van der Waals surface area contributed by atoms with E-state index >= 15 is 0 Å². The molecule has 3 heterocycles. The lowest BCUT2D eigenvalue weighted by molar-refractivity contribution is -0.265. The lowest BCUT2D eigenvalue weighted by Crippen LogP contribution is -2.61. The second-order valence-corrected chi connectivity index (χ2v) is 19.6. The molecular weight excluding hydrogens is 807 g/mol. The number of piperidine rings is 1. The van der Waals surface area contributed by atoms with Crippen molar-refractivity contribution in [3.63, 3.8) is 0 Å². The number of aliphatic hydroxyl groups is 4. The van der Waals surface area contributed by atoms with E-state index in [1.165, 1.54) is 11.0 Å². The van der Waals surface area contributed by atoms with E-state index in [1.54, 1.807) is 34.8 Å². The minimum atomic E-state index is -2.42. The fourth-order valence-electron chi connectivity index (χ4n) is 9.94. The van der Waals surface area contributed by atoms with Crippen LogP contribution in [0.3, 0.4) is 0 Å². The summed E-state index contributed by atoms with van der Waals surface area (Å²) in [7, 11) is 1.57. The first kappa shape index (κ1) is 52.3. The van der Waals surface area contributed by atoms with Gasteiger partial charge in [0.25, 0.3) is 11.7 Å². The van der Waals surface area contributed by atoms with Crippen molar-refractivity contribution in [2.45, 2.75) is 181 Å². The van der Waals surface area contributed by atoms with Crippen molar-refractivity contribution in [1.29, 1.82) is 0 Å². The monoisotopic (exact) mass is 884 g/mol. The molecule has 2 bridgehead atoms. The third-order valence-electron chi connectivity index (χ3n) is 14.3. The SMILES string of the molecule is COC1CC2CCC(C)C(O)(O2)C(=O)C(=O)N2CCCCC2C(=O)OC(C(C)CC2CCC(O)C(C)C2)CC(=O)C(C)/C=C(\C)C(O)C(O)C(=O)C(C)CC(C)/C=C/C=C/C=C/1C. The molecule has 0 radical (unpaired) electrons. The highest BCUT2D eigenvalue weighted by Gasteiger charge is 2.53. The number of aliphatic hydroxyl groups excluding tert-OH is 3. The zero-order valence-corrected chi connectivity index (χ0v) is 39.2. The predicted molar refractivity (Wildman–Crippen MR) is 239 cm³/mol. The van der Waals surface area contributed by atoms with E-state index in [0.717, 1.165) is 18.4 Å². The Labute approximate surface area is 375 Å². The van der Waals surface area contributed by atoms with E-state index in [2.05, 4.69) is 0 Å². The van der Waals surface area contributed by atoms with Crippen molar-refractivity contribution in [2.75, 3.05) is 13.7 Å². The molecule has 354 valence electrons. The van der Waals surface area contributed by atoms with E-state index < -0.39 is 83.5 Å². The lowest BCUT2D eigenvalue weighted by atomic mass is 9.75. The van der Waals surface area contributed by atoms with Gasteiger partial charge in [0.15, 0.2) is 5.78 Å². The standard InChI is InChI=1S/C50H77NO12/c1-29-15-11-10-12-16-30(2)42(61-9)27-38-20-18-36(8)50(60,63-38)47(57)48(58)51-22-14-13-17-39(51)49(59)62-43(33(5)26-37-19-21-40(52)32(4)25-37)28-41(53)31(3)24-35(7)45(55)46(56)44(54)34(6)23-29/h10-12,15-16,24,29,31-34,36-40,42-43,45-46,52,55-56,60H,13-14,17-23,25-28H2,1-9H3/b12-10+,15-11+,30-16+,35-24+. The number of ether oxygens (including phenoxy) is 3. The summed E-state index contributed by atoms with van der Waals surface area (Å²) in [4.78, 5) is 71.1.